The van der Waals surface area contributed by atoms with Gasteiger partial charge in [-0.05, 0) is 29.3 Å². The predicted octanol–water partition coefficient (Wildman–Crippen LogP) is 4.23. The summed E-state index contributed by atoms with van der Waals surface area (Å²) in [6.07, 6.45) is 0. The largest absolute Gasteiger partial charge is 0.326 e. The summed E-state index contributed by atoms with van der Waals surface area (Å²) in [6, 6.07) is 12.7. The van der Waals surface area contributed by atoms with Crippen molar-refractivity contribution < 1.29 is 4.39 Å². The van der Waals surface area contributed by atoms with E-state index in [1.807, 2.05) is 30.3 Å². The highest BCUT2D eigenvalue weighted by atomic mass is 35.5. The minimum atomic E-state index is -0.211. The van der Waals surface area contributed by atoms with Crippen molar-refractivity contribution >= 4 is 23.4 Å². The van der Waals surface area contributed by atoms with Gasteiger partial charge in [-0.2, -0.15) is 0 Å². The van der Waals surface area contributed by atoms with Crippen molar-refractivity contribution in [3.05, 3.63) is 64.4 Å². The molecule has 0 spiro atoms. The minimum Gasteiger partial charge on any atom is -0.326 e. The molecule has 2 rings (SSSR count). The van der Waals surface area contributed by atoms with Crippen LogP contribution >= 0.6 is 23.4 Å². The lowest BCUT2D eigenvalue weighted by atomic mass is 10.1. The Morgan fingerprint density at radius 3 is 2.61 bits per heavy atom. The topological polar surface area (TPSA) is 26.0 Å². The molecule has 0 heterocycles. The van der Waals surface area contributed by atoms with Crippen molar-refractivity contribution in [3.8, 4) is 0 Å². The van der Waals surface area contributed by atoms with E-state index >= 15 is 0 Å². The Kier molecular flexibility index (Phi) is 4.64. The fourth-order valence-corrected chi connectivity index (χ4v) is 2.78. The first-order valence-electron chi connectivity index (χ1n) is 5.55. The average molecular weight is 282 g/mol. The summed E-state index contributed by atoms with van der Waals surface area (Å²) in [4.78, 5) is 0.960. The summed E-state index contributed by atoms with van der Waals surface area (Å²) in [7, 11) is 0. The van der Waals surface area contributed by atoms with Gasteiger partial charge in [0.15, 0.2) is 0 Å². The van der Waals surface area contributed by atoms with E-state index in [0.29, 0.717) is 22.9 Å². The number of halogens is 2. The van der Waals surface area contributed by atoms with Gasteiger partial charge in [-0.25, -0.2) is 4.39 Å². The monoisotopic (exact) mass is 281 g/mol. The molecule has 2 aromatic rings. The molecule has 0 fully saturated rings. The molecule has 0 bridgehead atoms. The molecule has 0 aliphatic rings. The molecule has 2 aromatic carbocycles. The first kappa shape index (κ1) is 13.4. The van der Waals surface area contributed by atoms with Crippen LogP contribution in [-0.2, 0) is 12.3 Å². The van der Waals surface area contributed by atoms with Gasteiger partial charge >= 0.3 is 0 Å². The zero-order valence-electron chi connectivity index (χ0n) is 9.70. The van der Waals surface area contributed by atoms with Crippen molar-refractivity contribution in [1.29, 1.82) is 0 Å². The van der Waals surface area contributed by atoms with E-state index in [4.69, 9.17) is 17.3 Å². The Hall–Kier alpha value is -1.03. The van der Waals surface area contributed by atoms with Crippen molar-refractivity contribution in [1.82, 2.24) is 0 Å². The van der Waals surface area contributed by atoms with Crippen LogP contribution < -0.4 is 5.73 Å². The molecular formula is C14H13ClFNS. The fourth-order valence-electron chi connectivity index (χ4n) is 1.55. The van der Waals surface area contributed by atoms with Crippen LogP contribution in [0.5, 0.6) is 0 Å². The predicted molar refractivity (Wildman–Crippen MR) is 75.3 cm³/mol. The molecule has 0 aliphatic heterocycles. The third kappa shape index (κ3) is 3.25. The highest BCUT2D eigenvalue weighted by Gasteiger charge is 2.05. The second kappa shape index (κ2) is 6.23. The van der Waals surface area contributed by atoms with Gasteiger partial charge in [-0.3, -0.25) is 0 Å². The molecule has 0 saturated carbocycles. The normalized spacial score (nSPS) is 10.6. The maximum Gasteiger partial charge on any atom is 0.127 e. The Morgan fingerprint density at radius 2 is 1.94 bits per heavy atom. The van der Waals surface area contributed by atoms with E-state index in [9.17, 15) is 4.39 Å². The Bertz CT molecular complexity index is 545. The molecule has 18 heavy (non-hydrogen) atoms. The first-order chi connectivity index (χ1) is 8.70. The van der Waals surface area contributed by atoms with Crippen LogP contribution in [0.2, 0.25) is 5.02 Å². The molecular weight excluding hydrogens is 269 g/mol. The number of hydrogen-bond acceptors (Lipinski definition) is 2. The van der Waals surface area contributed by atoms with Crippen LogP contribution in [-0.4, -0.2) is 0 Å². The van der Waals surface area contributed by atoms with Crippen LogP contribution in [0, 0.1) is 5.82 Å². The van der Waals surface area contributed by atoms with E-state index in [-0.39, 0.29) is 5.82 Å². The summed E-state index contributed by atoms with van der Waals surface area (Å²) in [5.74, 6) is 0.345. The summed E-state index contributed by atoms with van der Waals surface area (Å²) < 4.78 is 13.7. The zero-order valence-corrected chi connectivity index (χ0v) is 11.3. The number of rotatable bonds is 4. The SMILES string of the molecule is NCc1ccc(CSc2ccccc2Cl)c(F)c1. The van der Waals surface area contributed by atoms with Gasteiger partial charge in [0.25, 0.3) is 0 Å². The molecule has 0 atom stereocenters. The minimum absolute atomic E-state index is 0.211. The van der Waals surface area contributed by atoms with Crippen molar-refractivity contribution in [2.24, 2.45) is 5.73 Å². The second-order valence-corrected chi connectivity index (χ2v) is 5.27. The third-order valence-corrected chi connectivity index (χ3v) is 4.14. The molecule has 1 nitrogen and oxygen atoms in total. The average Bonchev–Trinajstić information content (AvgIpc) is 2.39. The second-order valence-electron chi connectivity index (χ2n) is 3.85. The third-order valence-electron chi connectivity index (χ3n) is 2.57. The Morgan fingerprint density at radius 1 is 1.17 bits per heavy atom. The molecule has 0 aromatic heterocycles. The van der Waals surface area contributed by atoms with Crippen LogP contribution in [0.4, 0.5) is 4.39 Å². The smallest absolute Gasteiger partial charge is 0.127 e. The maximum absolute atomic E-state index is 13.7. The fraction of sp³-hybridized carbons (Fsp3) is 0.143. The first-order valence-corrected chi connectivity index (χ1v) is 6.92. The zero-order chi connectivity index (χ0) is 13.0. The van der Waals surface area contributed by atoms with Gasteiger partial charge in [0.2, 0.25) is 0 Å². The van der Waals surface area contributed by atoms with Gasteiger partial charge < -0.3 is 5.73 Å². The van der Waals surface area contributed by atoms with Gasteiger partial charge in [-0.15, -0.1) is 11.8 Å². The van der Waals surface area contributed by atoms with Crippen LogP contribution in [0.15, 0.2) is 47.4 Å². The standard InChI is InChI=1S/C14H13ClFNS/c15-12-3-1-2-4-14(12)18-9-11-6-5-10(8-17)7-13(11)16/h1-7H,8-9,17H2. The summed E-state index contributed by atoms with van der Waals surface area (Å²) in [6.45, 7) is 0.356. The molecule has 0 amide bonds. The highest BCUT2D eigenvalue weighted by molar-refractivity contribution is 7.98. The van der Waals surface area contributed by atoms with E-state index in [1.165, 1.54) is 17.8 Å². The summed E-state index contributed by atoms with van der Waals surface area (Å²) in [5, 5.41) is 0.696. The molecule has 4 heteroatoms. The number of nitrogens with two attached hydrogens (primary N) is 1. The van der Waals surface area contributed by atoms with E-state index < -0.39 is 0 Å². The quantitative estimate of drug-likeness (QED) is 0.849. The molecule has 2 N–H and O–H groups in total. The van der Waals surface area contributed by atoms with Crippen molar-refractivity contribution in [2.45, 2.75) is 17.2 Å². The molecule has 0 radical (unpaired) electrons. The van der Waals surface area contributed by atoms with Crippen molar-refractivity contribution in [3.63, 3.8) is 0 Å². The van der Waals surface area contributed by atoms with Gasteiger partial charge in [-0.1, -0.05) is 35.9 Å². The lowest BCUT2D eigenvalue weighted by Crippen LogP contribution is -1.98. The molecule has 0 saturated heterocycles. The van der Waals surface area contributed by atoms with E-state index in [1.54, 1.807) is 6.07 Å². The Balaban J connectivity index is 2.09. The van der Waals surface area contributed by atoms with Crippen LogP contribution in [0.25, 0.3) is 0 Å². The van der Waals surface area contributed by atoms with Gasteiger partial charge in [0, 0.05) is 17.2 Å². The summed E-state index contributed by atoms with van der Waals surface area (Å²) in [5.41, 5.74) is 6.93. The van der Waals surface area contributed by atoms with Crippen LogP contribution in [0.3, 0.4) is 0 Å². The number of thioether (sulfide) groups is 1. The molecule has 0 aliphatic carbocycles. The van der Waals surface area contributed by atoms with Crippen LogP contribution in [0.1, 0.15) is 11.1 Å². The van der Waals surface area contributed by atoms with Crippen molar-refractivity contribution in [2.75, 3.05) is 0 Å². The van der Waals surface area contributed by atoms with E-state index in [2.05, 4.69) is 0 Å². The molecule has 0 unspecified atom stereocenters. The Labute approximate surface area is 115 Å². The maximum atomic E-state index is 13.7. The number of hydrogen-bond donors (Lipinski definition) is 1. The van der Waals surface area contributed by atoms with Gasteiger partial charge in [0.1, 0.15) is 5.82 Å². The summed E-state index contributed by atoms with van der Waals surface area (Å²) >= 11 is 7.57. The van der Waals surface area contributed by atoms with E-state index in [0.717, 1.165) is 10.5 Å². The molecule has 94 valence electrons. The lowest BCUT2D eigenvalue weighted by Gasteiger charge is -2.06. The van der Waals surface area contributed by atoms with Gasteiger partial charge in [0.05, 0.1) is 5.02 Å². The highest BCUT2D eigenvalue weighted by Crippen LogP contribution is 2.30. The lowest BCUT2D eigenvalue weighted by molar-refractivity contribution is 0.615. The number of benzene rings is 2.